The maximum Gasteiger partial charge on any atom is 0.418 e. The summed E-state index contributed by atoms with van der Waals surface area (Å²) in [7, 11) is 0. The topological polar surface area (TPSA) is 98.3 Å². The Balaban J connectivity index is 1.15. The van der Waals surface area contributed by atoms with E-state index in [1.807, 2.05) is 0 Å². The van der Waals surface area contributed by atoms with Gasteiger partial charge in [0.2, 0.25) is 0 Å². The normalized spacial score (nSPS) is 23.7. The van der Waals surface area contributed by atoms with Crippen LogP contribution in [0.3, 0.4) is 0 Å². The lowest BCUT2D eigenvalue weighted by Crippen LogP contribution is -2.50. The summed E-state index contributed by atoms with van der Waals surface area (Å²) in [6.07, 6.45) is 4.61. The molecule has 4 aliphatic carbocycles. The summed E-state index contributed by atoms with van der Waals surface area (Å²) in [5.74, 6) is -0.222. The maximum absolute atomic E-state index is 13.9. The second-order valence-corrected chi connectivity index (χ2v) is 12.7. The van der Waals surface area contributed by atoms with Crippen LogP contribution in [0.2, 0.25) is 10.0 Å². The van der Waals surface area contributed by atoms with Gasteiger partial charge in [-0.25, -0.2) is 4.79 Å². The van der Waals surface area contributed by atoms with E-state index in [0.717, 1.165) is 36.3 Å². The van der Waals surface area contributed by atoms with E-state index < -0.39 is 28.7 Å². The van der Waals surface area contributed by atoms with Crippen LogP contribution in [0.1, 0.15) is 90.2 Å². The molecule has 0 spiro atoms. The van der Waals surface area contributed by atoms with Gasteiger partial charge in [0.05, 0.1) is 38.9 Å². The van der Waals surface area contributed by atoms with Gasteiger partial charge in [0.15, 0.2) is 0 Å². The molecule has 0 amide bonds. The minimum Gasteiger partial charge on any atom is -0.478 e. The molecule has 43 heavy (non-hydrogen) atoms. The largest absolute Gasteiger partial charge is 0.478 e. The van der Waals surface area contributed by atoms with Crippen molar-refractivity contribution in [1.29, 1.82) is 0 Å². The van der Waals surface area contributed by atoms with E-state index in [4.69, 9.17) is 32.5 Å². The molecule has 4 saturated carbocycles. The molecule has 12 heteroatoms. The van der Waals surface area contributed by atoms with E-state index in [-0.39, 0.29) is 29.0 Å². The van der Waals surface area contributed by atoms with Crippen molar-refractivity contribution in [3.8, 4) is 11.3 Å². The monoisotopic (exact) mass is 631 g/mol. The van der Waals surface area contributed by atoms with E-state index in [9.17, 15) is 23.1 Å². The Labute approximate surface area is 254 Å². The van der Waals surface area contributed by atoms with Crippen LogP contribution < -0.4 is 0 Å². The first kappa shape index (κ1) is 28.6. The molecule has 1 aromatic carbocycles. The number of carbonyl (C=O) groups is 1. The van der Waals surface area contributed by atoms with Crippen molar-refractivity contribution in [2.24, 2.45) is 0 Å². The number of aromatic carboxylic acids is 1. The number of aromatic nitrogens is 3. The number of hydrogen-bond acceptors (Lipinski definition) is 6. The number of ether oxygens (including phenoxy) is 1. The van der Waals surface area contributed by atoms with Crippen LogP contribution in [0.15, 0.2) is 41.2 Å². The van der Waals surface area contributed by atoms with Crippen molar-refractivity contribution in [2.75, 3.05) is 0 Å². The standard InChI is InChI=1S/C31H26Cl2F3N3O4/c32-21-13-37-14-22(33)24(21)26-19(27(43-39-26)16-1-2-16)15-42-30-10-7-29(8-11-30,9-12-30)23-6-4-17-18(28(40)41)3-5-20(25(17)38-23)31(34,35)36/h3-6,13-14,16H,1-2,7-12,15H2,(H,40,41). The molecule has 4 aliphatic rings. The van der Waals surface area contributed by atoms with Gasteiger partial charge in [-0.15, -0.1) is 0 Å². The minimum absolute atomic E-state index is 0.0165. The number of hydrogen-bond donors (Lipinski definition) is 1. The Hall–Kier alpha value is -3.21. The van der Waals surface area contributed by atoms with Gasteiger partial charge in [-0.1, -0.05) is 34.4 Å². The lowest BCUT2D eigenvalue weighted by Gasteiger charge is -2.53. The Morgan fingerprint density at radius 2 is 1.70 bits per heavy atom. The quantitative estimate of drug-likeness (QED) is 0.218. The van der Waals surface area contributed by atoms with Crippen LogP contribution in [0.25, 0.3) is 22.2 Å². The minimum atomic E-state index is -4.66. The van der Waals surface area contributed by atoms with E-state index >= 15 is 0 Å². The summed E-state index contributed by atoms with van der Waals surface area (Å²) in [4.78, 5) is 20.3. The van der Waals surface area contributed by atoms with Gasteiger partial charge >= 0.3 is 12.1 Å². The Bertz CT molecular complexity index is 1720. The van der Waals surface area contributed by atoms with Crippen molar-refractivity contribution >= 4 is 40.1 Å². The van der Waals surface area contributed by atoms with Gasteiger partial charge in [0.1, 0.15) is 11.5 Å². The zero-order valence-corrected chi connectivity index (χ0v) is 24.3. The first-order valence-electron chi connectivity index (χ1n) is 14.2. The second kappa shape index (κ2) is 10.2. The van der Waals surface area contributed by atoms with Gasteiger partial charge in [-0.05, 0) is 69.6 Å². The molecule has 0 saturated heterocycles. The molecule has 0 aliphatic heterocycles. The molecule has 8 rings (SSSR count). The van der Waals surface area contributed by atoms with E-state index in [2.05, 4.69) is 15.1 Å². The average Bonchev–Trinajstić information content (AvgIpc) is 3.75. The van der Waals surface area contributed by atoms with Crippen LogP contribution in [0.5, 0.6) is 0 Å². The summed E-state index contributed by atoms with van der Waals surface area (Å²) < 4.78 is 54.1. The molecular formula is C31H26Cl2F3N3O4. The molecular weight excluding hydrogens is 606 g/mol. The van der Waals surface area contributed by atoms with Crippen molar-refractivity contribution in [3.63, 3.8) is 0 Å². The molecule has 7 nitrogen and oxygen atoms in total. The predicted molar refractivity (Wildman–Crippen MR) is 152 cm³/mol. The van der Waals surface area contributed by atoms with Gasteiger partial charge in [0.25, 0.3) is 0 Å². The predicted octanol–water partition coefficient (Wildman–Crippen LogP) is 8.75. The number of pyridine rings is 2. The number of carboxylic acid groups (broad SMARTS) is 1. The number of fused-ring (bicyclic) bond motifs is 4. The molecule has 0 atom stereocenters. The summed E-state index contributed by atoms with van der Waals surface area (Å²) in [6.45, 7) is 0.272. The van der Waals surface area contributed by atoms with Crippen LogP contribution in [0, 0.1) is 0 Å². The number of carboxylic acids is 1. The third-order valence-corrected chi connectivity index (χ3v) is 10.1. The summed E-state index contributed by atoms with van der Waals surface area (Å²) in [5.41, 5.74) is 0.266. The Morgan fingerprint density at radius 1 is 1.02 bits per heavy atom. The fourth-order valence-corrected chi connectivity index (χ4v) is 7.41. The van der Waals surface area contributed by atoms with Crippen molar-refractivity contribution in [2.45, 2.75) is 81.1 Å². The second-order valence-electron chi connectivity index (χ2n) is 11.9. The van der Waals surface area contributed by atoms with Crippen LogP contribution in [-0.4, -0.2) is 31.8 Å². The summed E-state index contributed by atoms with van der Waals surface area (Å²) >= 11 is 12.9. The Morgan fingerprint density at radius 3 is 2.30 bits per heavy atom. The first-order chi connectivity index (χ1) is 20.5. The lowest BCUT2D eigenvalue weighted by molar-refractivity contribution is -0.136. The SMILES string of the molecule is O=C(O)c1ccc(C(F)(F)F)c2nc(C34CCC(OCc5c(-c6c(Cl)cncc6Cl)noc5C5CC5)(CC3)CC4)ccc12. The number of rotatable bonds is 7. The molecule has 3 aromatic heterocycles. The fourth-order valence-electron chi connectivity index (χ4n) is 6.87. The third kappa shape index (κ3) is 4.87. The number of halogens is 5. The highest BCUT2D eigenvalue weighted by atomic mass is 35.5. The molecule has 224 valence electrons. The van der Waals surface area contributed by atoms with Gasteiger partial charge in [0, 0.05) is 45.9 Å². The van der Waals surface area contributed by atoms with Crippen molar-refractivity contribution in [3.05, 3.63) is 74.8 Å². The van der Waals surface area contributed by atoms with Gasteiger partial charge < -0.3 is 14.4 Å². The number of nitrogens with zero attached hydrogens (tertiary/aromatic N) is 3. The highest BCUT2D eigenvalue weighted by molar-refractivity contribution is 6.38. The summed E-state index contributed by atoms with van der Waals surface area (Å²) in [5, 5.41) is 14.6. The molecule has 3 heterocycles. The van der Waals surface area contributed by atoms with E-state index in [0.29, 0.717) is 65.5 Å². The molecule has 0 unspecified atom stereocenters. The van der Waals surface area contributed by atoms with Crippen LogP contribution >= 0.6 is 23.2 Å². The van der Waals surface area contributed by atoms with Crippen molar-refractivity contribution in [1.82, 2.24) is 15.1 Å². The molecule has 4 aromatic rings. The molecule has 0 radical (unpaired) electrons. The maximum atomic E-state index is 13.9. The molecule has 4 fully saturated rings. The first-order valence-corrected chi connectivity index (χ1v) is 14.9. The smallest absolute Gasteiger partial charge is 0.418 e. The molecule has 2 bridgehead atoms. The fraction of sp³-hybridized carbons (Fsp3) is 0.419. The Kier molecular flexibility index (Phi) is 6.76. The average molecular weight is 632 g/mol. The van der Waals surface area contributed by atoms with Crippen LogP contribution in [-0.2, 0) is 22.9 Å². The number of benzene rings is 1. The van der Waals surface area contributed by atoms with E-state index in [1.165, 1.54) is 18.5 Å². The highest BCUT2D eigenvalue weighted by Crippen LogP contribution is 2.56. The van der Waals surface area contributed by atoms with Gasteiger partial charge in [-0.2, -0.15) is 13.2 Å². The lowest BCUT2D eigenvalue weighted by atomic mass is 9.57. The number of alkyl halides is 3. The van der Waals surface area contributed by atoms with Crippen molar-refractivity contribution < 1.29 is 32.3 Å². The van der Waals surface area contributed by atoms with Crippen LogP contribution in [0.4, 0.5) is 13.2 Å². The zero-order valence-electron chi connectivity index (χ0n) is 22.8. The summed E-state index contributed by atoms with van der Waals surface area (Å²) in [6, 6.07) is 4.97. The third-order valence-electron chi connectivity index (χ3n) is 9.49. The molecule has 1 N–H and O–H groups in total. The van der Waals surface area contributed by atoms with Gasteiger partial charge in [-0.3, -0.25) is 9.97 Å². The van der Waals surface area contributed by atoms with E-state index in [1.54, 1.807) is 6.07 Å². The zero-order chi connectivity index (χ0) is 30.1. The highest BCUT2D eigenvalue weighted by Gasteiger charge is 2.51.